The number of allylic oxidation sites excluding steroid dienone is 5. The van der Waals surface area contributed by atoms with Crippen molar-refractivity contribution in [3.8, 4) is 5.88 Å². The van der Waals surface area contributed by atoms with E-state index in [2.05, 4.69) is 19.4 Å². The Morgan fingerprint density at radius 1 is 1.05 bits per heavy atom. The third kappa shape index (κ3) is 10.4. The Bertz CT molecular complexity index is 1210. The van der Waals surface area contributed by atoms with E-state index in [-0.39, 0.29) is 22.6 Å². The molecule has 0 aliphatic carbocycles. The van der Waals surface area contributed by atoms with Gasteiger partial charge >= 0.3 is 25.3 Å². The molecular weight excluding hydrogens is 535 g/mol. The molecule has 0 atom stereocenters. The van der Waals surface area contributed by atoms with Crippen LogP contribution in [0.5, 0.6) is 5.88 Å². The number of aromatic nitrogens is 2. The minimum atomic E-state index is -5.00. The number of ether oxygens (including phenoxy) is 2. The van der Waals surface area contributed by atoms with Crippen LogP contribution in [-0.4, -0.2) is 35.3 Å². The summed E-state index contributed by atoms with van der Waals surface area (Å²) in [6.07, 6.45) is 1.47. The van der Waals surface area contributed by atoms with Crippen LogP contribution in [0.1, 0.15) is 44.0 Å². The average molecular weight is 561 g/mol. The van der Waals surface area contributed by atoms with Crippen LogP contribution in [0.3, 0.4) is 0 Å². The number of halogens is 7. The van der Waals surface area contributed by atoms with Crippen molar-refractivity contribution in [3.05, 3.63) is 82.5 Å². The highest BCUT2D eigenvalue weighted by Gasteiger charge is 2.38. The van der Waals surface area contributed by atoms with Gasteiger partial charge < -0.3 is 14.8 Å². The quantitative estimate of drug-likeness (QED) is 0.176. The lowest BCUT2D eigenvalue weighted by atomic mass is 9.99. The molecule has 0 bridgehead atoms. The molecule has 2 aromatic rings. The molecule has 39 heavy (non-hydrogen) atoms. The topological polar surface area (TPSA) is 73.3 Å². The van der Waals surface area contributed by atoms with E-state index in [9.17, 15) is 35.5 Å². The first-order chi connectivity index (χ1) is 18.3. The lowest BCUT2D eigenvalue weighted by molar-refractivity contribution is -0.173. The van der Waals surface area contributed by atoms with Gasteiger partial charge in [-0.25, -0.2) is 4.98 Å². The third-order valence-electron chi connectivity index (χ3n) is 5.45. The van der Waals surface area contributed by atoms with Crippen molar-refractivity contribution in [2.45, 2.75) is 59.6 Å². The van der Waals surface area contributed by atoms with Gasteiger partial charge in [0, 0.05) is 18.5 Å². The number of pyridine rings is 2. The van der Waals surface area contributed by atoms with Crippen molar-refractivity contribution in [1.29, 1.82) is 0 Å². The standard InChI is InChI=1S/C26H26F7N3O3/c1-4-15(2)18(11-17-5-7-20(35-13-17)14-36-23(37)26(31,32)33)6-8-21(38-24(27)28)16(3)19-9-10-34-22(12-19)39-25(29)30/h5-10,12-13,24-25H,4,11,14H2,1-3H3,(H,36,37)/b8-6-,18-15-,21-16-. The molecule has 1 N–H and O–H groups in total. The van der Waals surface area contributed by atoms with Gasteiger partial charge in [-0.15, -0.1) is 0 Å². The summed E-state index contributed by atoms with van der Waals surface area (Å²) in [4.78, 5) is 18.7. The molecule has 212 valence electrons. The van der Waals surface area contributed by atoms with E-state index in [0.717, 1.165) is 11.1 Å². The first kappa shape index (κ1) is 31.3. The molecule has 1 amide bonds. The van der Waals surface area contributed by atoms with Gasteiger partial charge in [-0.3, -0.25) is 9.78 Å². The largest absolute Gasteiger partial charge is 0.471 e. The van der Waals surface area contributed by atoms with Crippen LogP contribution in [-0.2, 0) is 22.5 Å². The summed E-state index contributed by atoms with van der Waals surface area (Å²) in [6.45, 7) is -1.47. The van der Waals surface area contributed by atoms with Crippen LogP contribution < -0.4 is 10.1 Å². The fourth-order valence-electron chi connectivity index (χ4n) is 3.20. The van der Waals surface area contributed by atoms with Crippen LogP contribution in [0, 0.1) is 0 Å². The Kier molecular flexibility index (Phi) is 11.5. The van der Waals surface area contributed by atoms with E-state index in [0.29, 0.717) is 18.4 Å². The maximum Gasteiger partial charge on any atom is 0.471 e. The molecule has 0 radical (unpaired) electrons. The Morgan fingerprint density at radius 2 is 1.77 bits per heavy atom. The van der Waals surface area contributed by atoms with Gasteiger partial charge in [-0.1, -0.05) is 24.6 Å². The number of hydrogen-bond acceptors (Lipinski definition) is 5. The molecule has 0 aliphatic rings. The molecular formula is C26H26F7N3O3. The average Bonchev–Trinajstić information content (AvgIpc) is 2.87. The summed E-state index contributed by atoms with van der Waals surface area (Å²) < 4.78 is 97.4. The first-order valence-electron chi connectivity index (χ1n) is 11.5. The SMILES string of the molecule is CC/C(C)=C(/C=C\C(OC(F)F)=C(/C)c1ccnc(OC(F)F)c1)Cc1ccc(CNC(=O)C(F)(F)F)nc1. The predicted octanol–water partition coefficient (Wildman–Crippen LogP) is 6.75. The Balaban J connectivity index is 2.28. The van der Waals surface area contributed by atoms with E-state index < -0.39 is 37.7 Å². The van der Waals surface area contributed by atoms with Gasteiger partial charge in [0.2, 0.25) is 5.88 Å². The number of nitrogens with one attached hydrogen (secondary N) is 1. The maximum absolute atomic E-state index is 13.2. The van der Waals surface area contributed by atoms with Gasteiger partial charge in [0.15, 0.2) is 0 Å². The number of carbonyl (C=O) groups excluding carboxylic acids is 1. The molecule has 2 rings (SSSR count). The molecule has 13 heteroatoms. The van der Waals surface area contributed by atoms with E-state index in [1.165, 1.54) is 43.6 Å². The minimum Gasteiger partial charge on any atom is -0.435 e. The van der Waals surface area contributed by atoms with Crippen molar-refractivity contribution in [1.82, 2.24) is 15.3 Å². The van der Waals surface area contributed by atoms with Gasteiger partial charge in [0.25, 0.3) is 0 Å². The van der Waals surface area contributed by atoms with Crippen molar-refractivity contribution >= 4 is 11.5 Å². The molecule has 0 aliphatic heterocycles. The molecule has 6 nitrogen and oxygen atoms in total. The second-order valence-electron chi connectivity index (χ2n) is 8.14. The number of carbonyl (C=O) groups is 1. The number of rotatable bonds is 12. The predicted molar refractivity (Wildman–Crippen MR) is 129 cm³/mol. The minimum absolute atomic E-state index is 0.211. The van der Waals surface area contributed by atoms with Crippen molar-refractivity contribution in [3.63, 3.8) is 0 Å². The van der Waals surface area contributed by atoms with E-state index in [1.807, 2.05) is 13.8 Å². The molecule has 0 saturated heterocycles. The van der Waals surface area contributed by atoms with E-state index in [4.69, 9.17) is 0 Å². The van der Waals surface area contributed by atoms with Crippen molar-refractivity contribution < 1.29 is 45.0 Å². The van der Waals surface area contributed by atoms with Crippen LogP contribution in [0.2, 0.25) is 0 Å². The van der Waals surface area contributed by atoms with Gasteiger partial charge in [-0.05, 0) is 67.2 Å². The number of alkyl halides is 7. The molecule has 2 heterocycles. The zero-order chi connectivity index (χ0) is 29.2. The molecule has 0 unspecified atom stereocenters. The third-order valence-corrected chi connectivity index (χ3v) is 5.45. The van der Waals surface area contributed by atoms with Crippen molar-refractivity contribution in [2.24, 2.45) is 0 Å². The Hall–Kier alpha value is -3.90. The van der Waals surface area contributed by atoms with Crippen molar-refractivity contribution in [2.75, 3.05) is 0 Å². The van der Waals surface area contributed by atoms with E-state index in [1.54, 1.807) is 17.5 Å². The maximum atomic E-state index is 13.2. The number of amides is 1. The lowest BCUT2D eigenvalue weighted by Crippen LogP contribution is -2.36. The normalized spacial score (nSPS) is 13.4. The van der Waals surface area contributed by atoms with Crippen LogP contribution in [0.15, 0.2) is 65.7 Å². The summed E-state index contributed by atoms with van der Waals surface area (Å²) in [7, 11) is 0. The summed E-state index contributed by atoms with van der Waals surface area (Å²) in [5, 5.41) is 1.74. The second kappa shape index (κ2) is 14.3. The fourth-order valence-corrected chi connectivity index (χ4v) is 3.20. The molecule has 0 spiro atoms. The number of nitrogens with zero attached hydrogens (tertiary/aromatic N) is 2. The van der Waals surface area contributed by atoms with Gasteiger partial charge in [0.1, 0.15) is 5.76 Å². The highest BCUT2D eigenvalue weighted by atomic mass is 19.4. The number of hydrogen-bond donors (Lipinski definition) is 1. The van der Waals surface area contributed by atoms with E-state index >= 15 is 0 Å². The van der Waals surface area contributed by atoms with Crippen LogP contribution in [0.4, 0.5) is 30.7 Å². The molecule has 0 aromatic carbocycles. The zero-order valence-electron chi connectivity index (χ0n) is 21.2. The second-order valence-corrected chi connectivity index (χ2v) is 8.14. The molecule has 0 fully saturated rings. The lowest BCUT2D eigenvalue weighted by Gasteiger charge is -2.13. The van der Waals surface area contributed by atoms with Gasteiger partial charge in [-0.2, -0.15) is 30.7 Å². The molecule has 2 aromatic heterocycles. The Labute approximate surface area is 220 Å². The van der Waals surface area contributed by atoms with Crippen LogP contribution in [0.25, 0.3) is 5.57 Å². The smallest absolute Gasteiger partial charge is 0.435 e. The summed E-state index contributed by atoms with van der Waals surface area (Å²) in [6, 6.07) is 5.68. The highest BCUT2D eigenvalue weighted by molar-refractivity contribution is 5.81. The summed E-state index contributed by atoms with van der Waals surface area (Å²) in [5.74, 6) is -2.68. The summed E-state index contributed by atoms with van der Waals surface area (Å²) >= 11 is 0. The van der Waals surface area contributed by atoms with Gasteiger partial charge in [0.05, 0.1) is 12.2 Å². The highest BCUT2D eigenvalue weighted by Crippen LogP contribution is 2.26. The zero-order valence-corrected chi connectivity index (χ0v) is 21.2. The summed E-state index contributed by atoms with van der Waals surface area (Å²) in [5.41, 5.74) is 3.02. The Morgan fingerprint density at radius 3 is 2.33 bits per heavy atom. The first-order valence-corrected chi connectivity index (χ1v) is 11.5. The fraction of sp³-hybridized carbons (Fsp3) is 0.346. The van der Waals surface area contributed by atoms with Crippen LogP contribution >= 0.6 is 0 Å². The monoisotopic (exact) mass is 561 g/mol. The molecule has 0 saturated carbocycles.